The number of aromatic nitrogens is 5. The van der Waals surface area contributed by atoms with Crippen LogP contribution in [0.25, 0.3) is 21.9 Å². The predicted octanol–water partition coefficient (Wildman–Crippen LogP) is 3.25. The highest BCUT2D eigenvalue weighted by atomic mass is 19.1. The van der Waals surface area contributed by atoms with Gasteiger partial charge in [-0.15, -0.1) is 0 Å². The molecule has 4 heterocycles. The molecule has 2 atom stereocenters. The Bertz CT molecular complexity index is 1350. The highest BCUT2D eigenvalue weighted by molar-refractivity contribution is 6.14. The Labute approximate surface area is 195 Å². The van der Waals surface area contributed by atoms with Gasteiger partial charge >= 0.3 is 6.01 Å². The fraction of sp³-hybridized carbons (Fsp3) is 0.391. The second-order valence-corrected chi connectivity index (χ2v) is 9.04. The topological polar surface area (TPSA) is 138 Å². The summed E-state index contributed by atoms with van der Waals surface area (Å²) in [4.78, 5) is 22.9. The summed E-state index contributed by atoms with van der Waals surface area (Å²) in [6.45, 7) is 4.95. The summed E-state index contributed by atoms with van der Waals surface area (Å²) < 4.78 is 20.3. The minimum atomic E-state index is -0.786. The first-order chi connectivity index (χ1) is 16.2. The molecule has 4 aromatic rings. The van der Waals surface area contributed by atoms with Crippen LogP contribution in [0.2, 0.25) is 0 Å². The zero-order valence-electron chi connectivity index (χ0n) is 19.3. The van der Waals surface area contributed by atoms with Gasteiger partial charge in [0.25, 0.3) is 0 Å². The maximum absolute atomic E-state index is 14.5. The second-order valence-electron chi connectivity index (χ2n) is 9.04. The van der Waals surface area contributed by atoms with Gasteiger partial charge in [0.05, 0.1) is 29.0 Å². The number of H-pyrrole nitrogens is 1. The number of fused-ring (bicyclic) bond motifs is 3. The Hall–Kier alpha value is -3.57. The van der Waals surface area contributed by atoms with Crippen molar-refractivity contribution in [3.63, 3.8) is 0 Å². The number of hydrogen-bond donors (Lipinski definition) is 4. The number of nitrogens with two attached hydrogens (primary N) is 1. The van der Waals surface area contributed by atoms with Crippen molar-refractivity contribution in [1.29, 1.82) is 0 Å². The summed E-state index contributed by atoms with van der Waals surface area (Å²) in [7, 11) is 1.74. The van der Waals surface area contributed by atoms with Crippen LogP contribution in [0.1, 0.15) is 38.6 Å². The smallest absolute Gasteiger partial charge is 0.326 e. The second kappa shape index (κ2) is 8.33. The predicted molar refractivity (Wildman–Crippen MR) is 128 cm³/mol. The van der Waals surface area contributed by atoms with Crippen molar-refractivity contribution in [1.82, 2.24) is 24.9 Å². The van der Waals surface area contributed by atoms with E-state index in [1.807, 2.05) is 6.92 Å². The summed E-state index contributed by atoms with van der Waals surface area (Å²) in [5, 5.41) is 14.0. The first kappa shape index (κ1) is 22.2. The van der Waals surface area contributed by atoms with Gasteiger partial charge in [-0.3, -0.25) is 0 Å². The zero-order valence-corrected chi connectivity index (χ0v) is 19.3. The quantitative estimate of drug-likeness (QED) is 0.349. The van der Waals surface area contributed by atoms with E-state index in [4.69, 9.17) is 15.5 Å². The molecule has 0 amide bonds. The highest BCUT2D eigenvalue weighted by Crippen LogP contribution is 2.38. The lowest BCUT2D eigenvalue weighted by molar-refractivity contribution is 0.188. The van der Waals surface area contributed by atoms with E-state index in [9.17, 15) is 9.50 Å². The van der Waals surface area contributed by atoms with Gasteiger partial charge < -0.3 is 30.8 Å². The molecule has 1 aromatic carbocycles. The SMILES string of the molecule is CNc1cc(F)cc2c1[nH]c1nc(Oc3cnc(C(C)O)nc3)nc(N3CCC[C@](C)(N)C3)c12. The van der Waals surface area contributed by atoms with Gasteiger partial charge in [-0.1, -0.05) is 0 Å². The van der Waals surface area contributed by atoms with Crippen molar-refractivity contribution in [2.45, 2.75) is 38.3 Å². The number of rotatable bonds is 5. The maximum atomic E-state index is 14.5. The molecule has 0 bridgehead atoms. The molecule has 0 radical (unpaired) electrons. The van der Waals surface area contributed by atoms with E-state index in [0.29, 0.717) is 40.2 Å². The molecule has 0 saturated carbocycles. The standard InChI is InChI=1S/C23H27FN8O2/c1-12(33)19-27-9-14(10-28-19)34-22-30-20-17(15-7-13(24)8-16(26-3)18(15)29-20)21(31-22)32-6-4-5-23(2,25)11-32/h7-10,12,26,33H,4-6,11,25H2,1-3H3,(H,29,30,31)/t12?,23-/m0/s1. The largest absolute Gasteiger partial charge is 0.421 e. The van der Waals surface area contributed by atoms with Crippen molar-refractivity contribution >= 4 is 33.4 Å². The number of aliphatic hydroxyl groups is 1. The number of nitrogens with one attached hydrogen (secondary N) is 2. The number of aromatic amines is 1. The Morgan fingerprint density at radius 2 is 2.06 bits per heavy atom. The monoisotopic (exact) mass is 466 g/mol. The van der Waals surface area contributed by atoms with Crippen LogP contribution in [-0.4, -0.2) is 55.7 Å². The summed E-state index contributed by atoms with van der Waals surface area (Å²) in [6.07, 6.45) is 3.94. The number of nitrogens with zero attached hydrogens (tertiary/aromatic N) is 5. The van der Waals surface area contributed by atoms with Crippen molar-refractivity contribution in [2.24, 2.45) is 5.73 Å². The van der Waals surface area contributed by atoms with Gasteiger partial charge in [-0.25, -0.2) is 14.4 Å². The van der Waals surface area contributed by atoms with Crippen LogP contribution >= 0.6 is 0 Å². The fourth-order valence-electron chi connectivity index (χ4n) is 4.44. The van der Waals surface area contributed by atoms with E-state index in [0.717, 1.165) is 24.9 Å². The molecular formula is C23H27FN8O2. The van der Waals surface area contributed by atoms with E-state index >= 15 is 0 Å². The normalized spacial score (nSPS) is 19.5. The molecule has 0 aliphatic carbocycles. The van der Waals surface area contributed by atoms with E-state index in [1.165, 1.54) is 24.5 Å². The van der Waals surface area contributed by atoms with Gasteiger partial charge in [-0.2, -0.15) is 9.97 Å². The lowest BCUT2D eigenvalue weighted by Crippen LogP contribution is -2.52. The summed E-state index contributed by atoms with van der Waals surface area (Å²) in [6, 6.07) is 3.01. The van der Waals surface area contributed by atoms with Gasteiger partial charge in [0.2, 0.25) is 0 Å². The molecule has 1 fully saturated rings. The number of ether oxygens (including phenoxy) is 1. The van der Waals surface area contributed by atoms with Crippen LogP contribution in [0.15, 0.2) is 24.5 Å². The van der Waals surface area contributed by atoms with E-state index in [2.05, 4.69) is 30.2 Å². The first-order valence-corrected chi connectivity index (χ1v) is 11.2. The van der Waals surface area contributed by atoms with Crippen LogP contribution in [0.4, 0.5) is 15.9 Å². The Morgan fingerprint density at radius 1 is 1.29 bits per heavy atom. The Morgan fingerprint density at radius 3 is 2.74 bits per heavy atom. The van der Waals surface area contributed by atoms with E-state index in [1.54, 1.807) is 14.0 Å². The summed E-state index contributed by atoms with van der Waals surface area (Å²) in [5.41, 5.74) is 7.95. The molecule has 5 rings (SSSR count). The lowest BCUT2D eigenvalue weighted by atomic mass is 9.92. The third kappa shape index (κ3) is 4.08. The number of piperidine rings is 1. The van der Waals surface area contributed by atoms with Crippen molar-refractivity contribution in [3.05, 3.63) is 36.2 Å². The summed E-state index contributed by atoms with van der Waals surface area (Å²) >= 11 is 0. The minimum Gasteiger partial charge on any atom is -0.421 e. The molecule has 178 valence electrons. The van der Waals surface area contributed by atoms with Crippen molar-refractivity contribution < 1.29 is 14.2 Å². The summed E-state index contributed by atoms with van der Waals surface area (Å²) in [5.74, 6) is 0.880. The molecule has 10 nitrogen and oxygen atoms in total. The maximum Gasteiger partial charge on any atom is 0.326 e. The third-order valence-corrected chi connectivity index (χ3v) is 6.01. The average Bonchev–Trinajstić information content (AvgIpc) is 3.16. The first-order valence-electron chi connectivity index (χ1n) is 11.2. The van der Waals surface area contributed by atoms with Crippen LogP contribution in [0.3, 0.4) is 0 Å². The molecule has 1 unspecified atom stereocenters. The molecule has 0 spiro atoms. The molecule has 1 aliphatic heterocycles. The average molecular weight is 467 g/mol. The molecule has 1 saturated heterocycles. The van der Waals surface area contributed by atoms with Crippen LogP contribution in [-0.2, 0) is 0 Å². The molecular weight excluding hydrogens is 439 g/mol. The van der Waals surface area contributed by atoms with Crippen molar-refractivity contribution in [2.75, 3.05) is 30.4 Å². The van der Waals surface area contributed by atoms with E-state index in [-0.39, 0.29) is 23.2 Å². The van der Waals surface area contributed by atoms with Gasteiger partial charge in [-0.05, 0) is 38.8 Å². The fourth-order valence-corrected chi connectivity index (χ4v) is 4.44. The highest BCUT2D eigenvalue weighted by Gasteiger charge is 2.30. The van der Waals surface area contributed by atoms with E-state index < -0.39 is 6.10 Å². The van der Waals surface area contributed by atoms with Gasteiger partial charge in [0.1, 0.15) is 23.4 Å². The number of halogens is 1. The van der Waals surface area contributed by atoms with Gasteiger partial charge in [0.15, 0.2) is 11.6 Å². The van der Waals surface area contributed by atoms with Gasteiger partial charge in [0, 0.05) is 31.1 Å². The minimum absolute atomic E-state index is 0.0956. The molecule has 5 N–H and O–H groups in total. The molecule has 1 aliphatic rings. The molecule has 11 heteroatoms. The van der Waals surface area contributed by atoms with Crippen molar-refractivity contribution in [3.8, 4) is 11.8 Å². The molecule has 34 heavy (non-hydrogen) atoms. The molecule has 3 aromatic heterocycles. The van der Waals surface area contributed by atoms with Crippen LogP contribution < -0.4 is 20.7 Å². The Kier molecular flexibility index (Phi) is 5.45. The van der Waals surface area contributed by atoms with Crippen LogP contribution in [0.5, 0.6) is 11.8 Å². The zero-order chi connectivity index (χ0) is 24.0. The number of hydrogen-bond acceptors (Lipinski definition) is 9. The third-order valence-electron chi connectivity index (χ3n) is 6.01. The number of aliphatic hydroxyl groups excluding tert-OH is 1. The number of benzene rings is 1. The lowest BCUT2D eigenvalue weighted by Gasteiger charge is -2.38. The number of anilines is 2. The Balaban J connectivity index is 1.66. The van der Waals surface area contributed by atoms with Crippen LogP contribution in [0, 0.1) is 5.82 Å².